The van der Waals surface area contributed by atoms with Gasteiger partial charge in [0.25, 0.3) is 5.91 Å². The summed E-state index contributed by atoms with van der Waals surface area (Å²) in [6, 6.07) is 7.05. The normalized spacial score (nSPS) is 11.8. The first-order valence-electron chi connectivity index (χ1n) is 12.1. The second-order valence-electron chi connectivity index (χ2n) is 8.46. The Morgan fingerprint density at radius 1 is 1.17 bits per heavy atom. The number of carbonyl (C=O) groups excluding carboxylic acids is 2. The lowest BCUT2D eigenvalue weighted by Crippen LogP contribution is -2.34. The first kappa shape index (κ1) is 31.0. The van der Waals surface area contributed by atoms with E-state index in [1.807, 2.05) is 33.2 Å². The van der Waals surface area contributed by atoms with Crippen LogP contribution in [0.3, 0.4) is 0 Å². The highest BCUT2D eigenvalue weighted by Crippen LogP contribution is 2.14. The fourth-order valence-corrected chi connectivity index (χ4v) is 2.71. The molecule has 3 N–H and O–H groups in total. The number of benzene rings is 1. The molecular weight excluding hydrogens is 463 g/mol. The van der Waals surface area contributed by atoms with Gasteiger partial charge in [0.15, 0.2) is 6.23 Å². The zero-order valence-electron chi connectivity index (χ0n) is 21.6. The van der Waals surface area contributed by atoms with E-state index in [1.165, 1.54) is 0 Å². The first-order valence-corrected chi connectivity index (χ1v) is 12.1. The van der Waals surface area contributed by atoms with Crippen LogP contribution in [-0.2, 0) is 14.3 Å². The Morgan fingerprint density at radius 2 is 1.97 bits per heavy atom. The van der Waals surface area contributed by atoms with E-state index in [0.717, 1.165) is 0 Å². The molecule has 11 nitrogen and oxygen atoms in total. The van der Waals surface area contributed by atoms with E-state index < -0.39 is 6.23 Å². The highest BCUT2D eigenvalue weighted by atomic mass is 16.6. The predicted octanol–water partition coefficient (Wildman–Crippen LogP) is 2.63. The Labute approximate surface area is 214 Å². The topological polar surface area (TPSA) is 147 Å². The van der Waals surface area contributed by atoms with E-state index in [2.05, 4.69) is 39.8 Å². The summed E-state index contributed by atoms with van der Waals surface area (Å²) in [5.74, 6) is 2.37. The van der Waals surface area contributed by atoms with Gasteiger partial charge in [-0.15, -0.1) is 5.98 Å². The molecule has 0 aliphatic heterocycles. The van der Waals surface area contributed by atoms with Crippen molar-refractivity contribution in [1.82, 2.24) is 16.0 Å². The molecule has 1 radical (unpaired) electrons. The lowest BCUT2D eigenvalue weighted by Gasteiger charge is -2.15. The van der Waals surface area contributed by atoms with Crippen molar-refractivity contribution in [3.8, 4) is 5.75 Å². The largest absolute Gasteiger partial charge is 0.491 e. The van der Waals surface area contributed by atoms with Gasteiger partial charge < -0.3 is 30.2 Å². The van der Waals surface area contributed by atoms with Crippen molar-refractivity contribution in [2.45, 2.75) is 45.8 Å². The number of carbonyl (C=O) groups is 2. The Hall–Kier alpha value is -3.05. The molecule has 1 rings (SSSR count). The average Bonchev–Trinajstić information content (AvgIpc) is 2.84. The van der Waals surface area contributed by atoms with E-state index in [1.54, 1.807) is 24.3 Å². The number of amides is 2. The van der Waals surface area contributed by atoms with Crippen LogP contribution in [0.2, 0.25) is 5.82 Å². The fraction of sp³-hybridized carbons (Fsp3) is 0.583. The second-order valence-corrected chi connectivity index (χ2v) is 8.46. The molecule has 0 spiro atoms. The van der Waals surface area contributed by atoms with Crippen LogP contribution in [0.1, 0.15) is 38.1 Å². The molecule has 0 bridgehead atoms. The monoisotopic (exact) mass is 501 g/mol. The maximum atomic E-state index is 12.3. The van der Waals surface area contributed by atoms with Crippen molar-refractivity contribution in [3.05, 3.63) is 52.3 Å². The van der Waals surface area contributed by atoms with Crippen LogP contribution in [0.25, 0.3) is 10.4 Å². The van der Waals surface area contributed by atoms with Gasteiger partial charge in [-0.3, -0.25) is 9.59 Å². The molecule has 36 heavy (non-hydrogen) atoms. The number of hydrogen-bond acceptors (Lipinski definition) is 7. The lowest BCUT2D eigenvalue weighted by molar-refractivity contribution is -0.126. The van der Waals surface area contributed by atoms with Gasteiger partial charge >= 0.3 is 0 Å². The van der Waals surface area contributed by atoms with Gasteiger partial charge in [0, 0.05) is 36.2 Å². The minimum absolute atomic E-state index is 0.0480. The Bertz CT molecular complexity index is 861. The third-order valence-electron chi connectivity index (χ3n) is 4.45. The Balaban J connectivity index is 2.33. The molecule has 0 fully saturated rings. The van der Waals surface area contributed by atoms with Crippen LogP contribution in [0.5, 0.6) is 5.75 Å². The maximum Gasteiger partial charge on any atom is 0.251 e. The predicted molar refractivity (Wildman–Crippen MR) is 140 cm³/mol. The van der Waals surface area contributed by atoms with Crippen LogP contribution in [-0.4, -0.2) is 77.4 Å². The Kier molecular flexibility index (Phi) is 16.5. The molecule has 1 aromatic carbocycles. The number of rotatable bonds is 19. The average molecular weight is 501 g/mol. The van der Waals surface area contributed by atoms with E-state index in [0.29, 0.717) is 42.8 Å². The molecular formula is C24H38BN6O5. The van der Waals surface area contributed by atoms with Gasteiger partial charge in [-0.05, 0) is 23.7 Å². The van der Waals surface area contributed by atoms with E-state index in [4.69, 9.17) is 19.7 Å². The van der Waals surface area contributed by atoms with Crippen molar-refractivity contribution in [2.75, 3.05) is 46.1 Å². The summed E-state index contributed by atoms with van der Waals surface area (Å²) in [5, 5.41) is 12.3. The standard InChI is InChI=1S/C24H38BN6O5/c1-18(2)25-9-6-10-28-22(32)16-34-13-14-35-23(30-31-26)17-36-21-8-5-7-20(15-21)24(33)29-12-11-27-19(3)4/h5-9,15,18-19,23,27H,10-14,16-17H2,1-4H3,(H,28,32)(H,29,33)/b9-6+. The molecule has 197 valence electrons. The minimum Gasteiger partial charge on any atom is -0.491 e. The zero-order valence-corrected chi connectivity index (χ0v) is 21.6. The number of hydrogen-bond donors (Lipinski definition) is 3. The molecule has 12 heteroatoms. The number of ether oxygens (including phenoxy) is 3. The van der Waals surface area contributed by atoms with Crippen molar-refractivity contribution >= 4 is 19.1 Å². The van der Waals surface area contributed by atoms with Crippen molar-refractivity contribution < 1.29 is 23.8 Å². The van der Waals surface area contributed by atoms with Crippen LogP contribution in [0.15, 0.2) is 41.4 Å². The molecule has 0 saturated heterocycles. The van der Waals surface area contributed by atoms with Crippen LogP contribution in [0, 0.1) is 0 Å². The first-order chi connectivity index (χ1) is 17.3. The quantitative estimate of drug-likeness (QED) is 0.0873. The van der Waals surface area contributed by atoms with Crippen molar-refractivity contribution in [3.63, 3.8) is 0 Å². The van der Waals surface area contributed by atoms with Gasteiger partial charge in [0.2, 0.25) is 5.91 Å². The van der Waals surface area contributed by atoms with Crippen molar-refractivity contribution in [2.24, 2.45) is 5.11 Å². The summed E-state index contributed by atoms with van der Waals surface area (Å²) in [6.45, 7) is 9.93. The summed E-state index contributed by atoms with van der Waals surface area (Å²) >= 11 is 0. The summed E-state index contributed by atoms with van der Waals surface area (Å²) in [5.41, 5.74) is 9.24. The smallest absolute Gasteiger partial charge is 0.251 e. The van der Waals surface area contributed by atoms with Gasteiger partial charge in [-0.1, -0.05) is 50.8 Å². The third-order valence-corrected chi connectivity index (χ3v) is 4.45. The molecule has 0 aromatic heterocycles. The van der Waals surface area contributed by atoms with Crippen LogP contribution < -0.4 is 20.7 Å². The summed E-state index contributed by atoms with van der Waals surface area (Å²) in [4.78, 5) is 26.8. The zero-order chi connectivity index (χ0) is 26.6. The Morgan fingerprint density at radius 3 is 2.69 bits per heavy atom. The molecule has 0 aliphatic rings. The summed E-state index contributed by atoms with van der Waals surface area (Å²) < 4.78 is 16.4. The van der Waals surface area contributed by atoms with Gasteiger partial charge in [0.1, 0.15) is 26.2 Å². The van der Waals surface area contributed by atoms with Gasteiger partial charge in [-0.25, -0.2) is 0 Å². The van der Waals surface area contributed by atoms with Gasteiger partial charge in [-0.2, -0.15) is 0 Å². The molecule has 1 unspecified atom stereocenters. The van der Waals surface area contributed by atoms with E-state index >= 15 is 0 Å². The SMILES string of the molecule is CC(C)[B]/C=C/CNC(=O)COCCOC(COc1cccc(C(=O)NCCNC(C)C)c1)N=[N+]=[N-]. The van der Waals surface area contributed by atoms with E-state index in [-0.39, 0.29) is 38.2 Å². The van der Waals surface area contributed by atoms with Gasteiger partial charge in [0.05, 0.1) is 13.2 Å². The molecule has 2 amide bonds. The molecule has 0 saturated carbocycles. The number of azide groups is 1. The molecule has 0 aliphatic carbocycles. The van der Waals surface area contributed by atoms with Crippen LogP contribution >= 0.6 is 0 Å². The van der Waals surface area contributed by atoms with Crippen molar-refractivity contribution in [1.29, 1.82) is 0 Å². The lowest BCUT2D eigenvalue weighted by atomic mass is 9.66. The third kappa shape index (κ3) is 15.8. The fourth-order valence-electron chi connectivity index (χ4n) is 2.71. The number of nitrogens with one attached hydrogen (secondary N) is 3. The second kappa shape index (κ2) is 19.2. The minimum atomic E-state index is -0.894. The molecule has 1 aromatic rings. The van der Waals surface area contributed by atoms with Crippen LogP contribution in [0.4, 0.5) is 0 Å². The highest BCUT2D eigenvalue weighted by molar-refractivity contribution is 6.43. The number of nitrogens with zero attached hydrogens (tertiary/aromatic N) is 3. The van der Waals surface area contributed by atoms with E-state index in [9.17, 15) is 9.59 Å². The molecule has 1 atom stereocenters. The summed E-state index contributed by atoms with van der Waals surface area (Å²) in [6.07, 6.45) is 0.966. The maximum absolute atomic E-state index is 12.3. The molecule has 0 heterocycles. The highest BCUT2D eigenvalue weighted by Gasteiger charge is 2.11. The summed E-state index contributed by atoms with van der Waals surface area (Å²) in [7, 11) is 2.03.